The lowest BCUT2D eigenvalue weighted by Gasteiger charge is -2.13. The topological polar surface area (TPSA) is 0 Å². The zero-order valence-corrected chi connectivity index (χ0v) is 15.3. The molecular formula is C24H17Br. The van der Waals surface area contributed by atoms with Crippen molar-refractivity contribution < 1.29 is 0 Å². The Balaban J connectivity index is 1.91. The maximum atomic E-state index is 3.52. The van der Waals surface area contributed by atoms with E-state index >= 15 is 0 Å². The van der Waals surface area contributed by atoms with Gasteiger partial charge in [0.05, 0.1) is 0 Å². The van der Waals surface area contributed by atoms with Gasteiger partial charge in [0, 0.05) is 4.47 Å². The van der Waals surface area contributed by atoms with E-state index in [2.05, 4.69) is 119 Å². The van der Waals surface area contributed by atoms with Gasteiger partial charge in [-0.25, -0.2) is 0 Å². The highest BCUT2D eigenvalue weighted by Gasteiger charge is 2.09. The van der Waals surface area contributed by atoms with Crippen LogP contribution >= 0.6 is 15.9 Å². The molecule has 4 aromatic rings. The lowest BCUT2D eigenvalue weighted by molar-refractivity contribution is 1.55. The molecule has 0 aliphatic heterocycles. The van der Waals surface area contributed by atoms with Crippen molar-refractivity contribution in [1.82, 2.24) is 0 Å². The molecule has 0 radical (unpaired) electrons. The molecule has 4 rings (SSSR count). The van der Waals surface area contributed by atoms with Crippen molar-refractivity contribution in [1.29, 1.82) is 0 Å². The Morgan fingerprint density at radius 3 is 1.56 bits per heavy atom. The highest BCUT2D eigenvalue weighted by atomic mass is 79.9. The summed E-state index contributed by atoms with van der Waals surface area (Å²) in [6.45, 7) is 0. The van der Waals surface area contributed by atoms with Gasteiger partial charge in [0.15, 0.2) is 0 Å². The van der Waals surface area contributed by atoms with Gasteiger partial charge in [-0.05, 0) is 51.6 Å². The highest BCUT2D eigenvalue weighted by Crippen LogP contribution is 2.36. The monoisotopic (exact) mass is 384 g/mol. The molecule has 0 bridgehead atoms. The van der Waals surface area contributed by atoms with Crippen LogP contribution in [0.25, 0.3) is 33.4 Å². The minimum absolute atomic E-state index is 1.10. The smallest absolute Gasteiger partial charge is 0.0175 e. The SMILES string of the molecule is Brc1ccc(-c2ccc(-c3ccccc3)cc2-c2ccccc2)cc1. The zero-order valence-electron chi connectivity index (χ0n) is 13.7. The summed E-state index contributed by atoms with van der Waals surface area (Å²) in [4.78, 5) is 0. The molecule has 0 aliphatic carbocycles. The van der Waals surface area contributed by atoms with E-state index in [1.54, 1.807) is 0 Å². The van der Waals surface area contributed by atoms with E-state index in [0.717, 1.165) is 4.47 Å². The van der Waals surface area contributed by atoms with Crippen LogP contribution < -0.4 is 0 Å². The Morgan fingerprint density at radius 1 is 0.400 bits per heavy atom. The quantitative estimate of drug-likeness (QED) is 0.344. The van der Waals surface area contributed by atoms with Crippen molar-refractivity contribution in [2.75, 3.05) is 0 Å². The molecule has 0 nitrogen and oxygen atoms in total. The fraction of sp³-hybridized carbons (Fsp3) is 0. The molecule has 1 heteroatoms. The Hall–Kier alpha value is -2.64. The molecule has 0 fully saturated rings. The summed E-state index contributed by atoms with van der Waals surface area (Å²) in [5.74, 6) is 0. The number of hydrogen-bond donors (Lipinski definition) is 0. The lowest BCUT2D eigenvalue weighted by atomic mass is 9.91. The van der Waals surface area contributed by atoms with Gasteiger partial charge in [-0.1, -0.05) is 101 Å². The maximum Gasteiger partial charge on any atom is 0.0175 e. The Labute approximate surface area is 156 Å². The summed E-state index contributed by atoms with van der Waals surface area (Å²) >= 11 is 3.52. The summed E-state index contributed by atoms with van der Waals surface area (Å²) in [6.07, 6.45) is 0. The average molecular weight is 385 g/mol. The molecule has 0 saturated heterocycles. The molecule has 0 atom stereocenters. The Morgan fingerprint density at radius 2 is 0.920 bits per heavy atom. The van der Waals surface area contributed by atoms with Gasteiger partial charge in [0.2, 0.25) is 0 Å². The van der Waals surface area contributed by atoms with Gasteiger partial charge in [-0.3, -0.25) is 0 Å². The van der Waals surface area contributed by atoms with Crippen LogP contribution in [-0.4, -0.2) is 0 Å². The fourth-order valence-electron chi connectivity index (χ4n) is 3.09. The number of halogens is 1. The van der Waals surface area contributed by atoms with E-state index in [0.29, 0.717) is 0 Å². The van der Waals surface area contributed by atoms with Crippen molar-refractivity contribution in [3.8, 4) is 33.4 Å². The second-order valence-corrected chi connectivity index (χ2v) is 6.91. The van der Waals surface area contributed by atoms with Gasteiger partial charge in [-0.2, -0.15) is 0 Å². The predicted octanol–water partition coefficient (Wildman–Crippen LogP) is 7.45. The first-order chi connectivity index (χ1) is 12.3. The minimum atomic E-state index is 1.10. The molecule has 120 valence electrons. The summed E-state index contributed by atoms with van der Waals surface area (Å²) < 4.78 is 1.10. The van der Waals surface area contributed by atoms with Crippen molar-refractivity contribution in [3.05, 3.63) is 108 Å². The van der Waals surface area contributed by atoms with Gasteiger partial charge >= 0.3 is 0 Å². The summed E-state index contributed by atoms with van der Waals surface area (Å²) in [5.41, 5.74) is 7.44. The second kappa shape index (κ2) is 7.08. The molecule has 0 aliphatic rings. The van der Waals surface area contributed by atoms with Gasteiger partial charge < -0.3 is 0 Å². The first-order valence-corrected chi connectivity index (χ1v) is 9.11. The van der Waals surface area contributed by atoms with Crippen LogP contribution in [-0.2, 0) is 0 Å². The molecule has 0 unspecified atom stereocenters. The van der Waals surface area contributed by atoms with Crippen LogP contribution in [0.15, 0.2) is 108 Å². The first kappa shape index (κ1) is 15.9. The Bertz CT molecular complexity index is 971. The molecule has 25 heavy (non-hydrogen) atoms. The third-order valence-electron chi connectivity index (χ3n) is 4.37. The third kappa shape index (κ3) is 3.42. The third-order valence-corrected chi connectivity index (χ3v) is 4.90. The molecule has 0 saturated carbocycles. The normalized spacial score (nSPS) is 10.6. The van der Waals surface area contributed by atoms with E-state index in [9.17, 15) is 0 Å². The molecule has 0 spiro atoms. The number of hydrogen-bond acceptors (Lipinski definition) is 0. The van der Waals surface area contributed by atoms with E-state index in [1.807, 2.05) is 0 Å². The molecular weight excluding hydrogens is 368 g/mol. The van der Waals surface area contributed by atoms with Crippen molar-refractivity contribution in [3.63, 3.8) is 0 Å². The van der Waals surface area contributed by atoms with Crippen LogP contribution in [0, 0.1) is 0 Å². The molecule has 0 aromatic heterocycles. The van der Waals surface area contributed by atoms with E-state index < -0.39 is 0 Å². The van der Waals surface area contributed by atoms with E-state index in [4.69, 9.17) is 0 Å². The number of rotatable bonds is 3. The standard InChI is InChI=1S/C24H17Br/c25-22-14-11-20(12-15-22)23-16-13-21(18-7-3-1-4-8-18)17-24(23)19-9-5-2-6-10-19/h1-17H. The van der Waals surface area contributed by atoms with Crippen LogP contribution in [0.4, 0.5) is 0 Å². The molecule has 0 heterocycles. The molecule has 0 amide bonds. The van der Waals surface area contributed by atoms with Crippen LogP contribution in [0.5, 0.6) is 0 Å². The highest BCUT2D eigenvalue weighted by molar-refractivity contribution is 9.10. The van der Waals surface area contributed by atoms with E-state index in [1.165, 1.54) is 33.4 Å². The summed E-state index contributed by atoms with van der Waals surface area (Å²) in [5, 5.41) is 0. The molecule has 0 N–H and O–H groups in total. The minimum Gasteiger partial charge on any atom is -0.0622 e. The van der Waals surface area contributed by atoms with Gasteiger partial charge in [0.25, 0.3) is 0 Å². The molecule has 4 aromatic carbocycles. The van der Waals surface area contributed by atoms with Gasteiger partial charge in [-0.15, -0.1) is 0 Å². The van der Waals surface area contributed by atoms with Crippen molar-refractivity contribution in [2.24, 2.45) is 0 Å². The predicted molar refractivity (Wildman–Crippen MR) is 110 cm³/mol. The van der Waals surface area contributed by atoms with Crippen LogP contribution in [0.3, 0.4) is 0 Å². The van der Waals surface area contributed by atoms with E-state index in [-0.39, 0.29) is 0 Å². The lowest BCUT2D eigenvalue weighted by Crippen LogP contribution is -1.87. The largest absolute Gasteiger partial charge is 0.0622 e. The summed E-state index contributed by atoms with van der Waals surface area (Å²) in [6, 6.07) is 36.4. The van der Waals surface area contributed by atoms with Crippen LogP contribution in [0.2, 0.25) is 0 Å². The summed E-state index contributed by atoms with van der Waals surface area (Å²) in [7, 11) is 0. The van der Waals surface area contributed by atoms with Crippen molar-refractivity contribution in [2.45, 2.75) is 0 Å². The first-order valence-electron chi connectivity index (χ1n) is 8.32. The average Bonchev–Trinajstić information content (AvgIpc) is 2.70. The van der Waals surface area contributed by atoms with Crippen LogP contribution in [0.1, 0.15) is 0 Å². The fourth-order valence-corrected chi connectivity index (χ4v) is 3.36. The Kier molecular flexibility index (Phi) is 4.49. The number of benzene rings is 4. The maximum absolute atomic E-state index is 3.52. The van der Waals surface area contributed by atoms with Crippen molar-refractivity contribution >= 4 is 15.9 Å². The van der Waals surface area contributed by atoms with Gasteiger partial charge in [0.1, 0.15) is 0 Å². The zero-order chi connectivity index (χ0) is 17.1. The second-order valence-electron chi connectivity index (χ2n) is 6.00.